The van der Waals surface area contributed by atoms with Gasteiger partial charge in [0.1, 0.15) is 5.03 Å². The molecular weight excluding hydrogens is 232 g/mol. The fourth-order valence-electron chi connectivity index (χ4n) is 1.56. The maximum Gasteiger partial charge on any atom is 0.132 e. The second kappa shape index (κ2) is 3.32. The fourth-order valence-corrected chi connectivity index (χ4v) is 4.49. The van der Waals surface area contributed by atoms with Crippen LogP contribution >= 0.6 is 34.9 Å². The predicted molar refractivity (Wildman–Crippen MR) is 63.2 cm³/mol. The first-order valence-corrected chi connectivity index (χ1v) is 7.31. The minimum atomic E-state index is 1.08. The zero-order valence-electron chi connectivity index (χ0n) is 7.53. The normalized spacial score (nSPS) is 13.8. The molecule has 0 aromatic carbocycles. The number of thioether (sulfide) groups is 2. The molecule has 1 aliphatic heterocycles. The zero-order chi connectivity index (χ0) is 9.54. The van der Waals surface area contributed by atoms with Crippen LogP contribution in [0.3, 0.4) is 0 Å². The molecule has 0 radical (unpaired) electrons. The molecule has 14 heavy (non-hydrogen) atoms. The van der Waals surface area contributed by atoms with Crippen LogP contribution in [0.1, 0.15) is 5.56 Å². The SMILES string of the molecule is CSc1n[nH]c2c1SCc1ccsc1-2. The lowest BCUT2D eigenvalue weighted by molar-refractivity contribution is 0.995. The smallest absolute Gasteiger partial charge is 0.132 e. The van der Waals surface area contributed by atoms with E-state index in [1.54, 1.807) is 23.1 Å². The van der Waals surface area contributed by atoms with Crippen molar-refractivity contribution in [1.29, 1.82) is 0 Å². The van der Waals surface area contributed by atoms with E-state index in [1.165, 1.54) is 21.0 Å². The molecule has 5 heteroatoms. The molecule has 2 aromatic rings. The second-order valence-corrected chi connectivity index (χ2v) is 5.70. The molecule has 0 saturated carbocycles. The van der Waals surface area contributed by atoms with Gasteiger partial charge in [-0.25, -0.2) is 0 Å². The van der Waals surface area contributed by atoms with Crippen molar-refractivity contribution in [2.75, 3.05) is 6.26 Å². The van der Waals surface area contributed by atoms with Gasteiger partial charge < -0.3 is 0 Å². The van der Waals surface area contributed by atoms with Crippen LogP contribution in [-0.2, 0) is 5.75 Å². The number of nitrogens with one attached hydrogen (secondary N) is 1. The number of H-pyrrole nitrogens is 1. The number of hydrogen-bond acceptors (Lipinski definition) is 4. The van der Waals surface area contributed by atoms with Crippen molar-refractivity contribution < 1.29 is 0 Å². The van der Waals surface area contributed by atoms with Gasteiger partial charge in [-0.05, 0) is 23.3 Å². The summed E-state index contributed by atoms with van der Waals surface area (Å²) in [6, 6.07) is 2.20. The summed E-state index contributed by atoms with van der Waals surface area (Å²) >= 11 is 5.39. The van der Waals surface area contributed by atoms with Crippen LogP contribution in [0, 0.1) is 0 Å². The van der Waals surface area contributed by atoms with Crippen LogP contribution < -0.4 is 0 Å². The van der Waals surface area contributed by atoms with Gasteiger partial charge in [0.15, 0.2) is 0 Å². The molecule has 2 nitrogen and oxygen atoms in total. The maximum atomic E-state index is 4.32. The van der Waals surface area contributed by atoms with Crippen LogP contribution in [0.2, 0.25) is 0 Å². The van der Waals surface area contributed by atoms with E-state index in [0.29, 0.717) is 0 Å². The monoisotopic (exact) mass is 240 g/mol. The van der Waals surface area contributed by atoms with Gasteiger partial charge in [-0.3, -0.25) is 5.10 Å². The van der Waals surface area contributed by atoms with Crippen molar-refractivity contribution in [3.8, 4) is 10.6 Å². The van der Waals surface area contributed by atoms with Crippen LogP contribution in [-0.4, -0.2) is 16.5 Å². The third-order valence-corrected chi connectivity index (χ3v) is 5.16. The molecule has 0 fully saturated rings. The summed E-state index contributed by atoms with van der Waals surface area (Å²) in [6.45, 7) is 0. The molecule has 72 valence electrons. The summed E-state index contributed by atoms with van der Waals surface area (Å²) in [5.74, 6) is 1.08. The maximum absolute atomic E-state index is 4.32. The Bertz CT molecular complexity index is 472. The minimum Gasteiger partial charge on any atom is -0.275 e. The number of thiophene rings is 1. The summed E-state index contributed by atoms with van der Waals surface area (Å²) < 4.78 is 0. The van der Waals surface area contributed by atoms with Gasteiger partial charge in [0.25, 0.3) is 0 Å². The Labute approximate surface area is 94.5 Å². The zero-order valence-corrected chi connectivity index (χ0v) is 9.98. The third kappa shape index (κ3) is 1.16. The van der Waals surface area contributed by atoms with Crippen molar-refractivity contribution in [3.05, 3.63) is 17.0 Å². The number of nitrogens with zero attached hydrogens (tertiary/aromatic N) is 1. The highest BCUT2D eigenvalue weighted by molar-refractivity contribution is 8.01. The van der Waals surface area contributed by atoms with E-state index >= 15 is 0 Å². The molecule has 2 aromatic heterocycles. The molecule has 0 unspecified atom stereocenters. The first-order chi connectivity index (χ1) is 6.90. The molecule has 1 N–H and O–H groups in total. The van der Waals surface area contributed by atoms with Crippen LogP contribution in [0.5, 0.6) is 0 Å². The average molecular weight is 240 g/mol. The molecular formula is C9H8N2S3. The van der Waals surface area contributed by atoms with Crippen LogP contribution in [0.25, 0.3) is 10.6 Å². The van der Waals surface area contributed by atoms with Gasteiger partial charge in [-0.2, -0.15) is 5.10 Å². The fraction of sp³-hybridized carbons (Fsp3) is 0.222. The number of aromatic nitrogens is 2. The molecule has 3 rings (SSSR count). The van der Waals surface area contributed by atoms with Crippen molar-refractivity contribution >= 4 is 34.9 Å². The van der Waals surface area contributed by atoms with Crippen molar-refractivity contribution in [2.45, 2.75) is 15.7 Å². The van der Waals surface area contributed by atoms with Gasteiger partial charge in [0.2, 0.25) is 0 Å². The molecule has 0 atom stereocenters. The Morgan fingerprint density at radius 1 is 1.57 bits per heavy atom. The molecule has 1 aliphatic rings. The lowest BCUT2D eigenvalue weighted by Crippen LogP contribution is -1.89. The van der Waals surface area contributed by atoms with Crippen molar-refractivity contribution in [1.82, 2.24) is 10.2 Å². The van der Waals surface area contributed by atoms with Gasteiger partial charge >= 0.3 is 0 Å². The molecule has 0 amide bonds. The molecule has 0 bridgehead atoms. The van der Waals surface area contributed by atoms with E-state index in [4.69, 9.17) is 0 Å². The quantitative estimate of drug-likeness (QED) is 0.774. The van der Waals surface area contributed by atoms with Crippen LogP contribution in [0.15, 0.2) is 21.4 Å². The first-order valence-electron chi connectivity index (χ1n) is 4.22. The van der Waals surface area contributed by atoms with Gasteiger partial charge in [0.05, 0.1) is 15.5 Å². The lowest BCUT2D eigenvalue weighted by atomic mass is 10.2. The minimum absolute atomic E-state index is 1.08. The van der Waals surface area contributed by atoms with Crippen molar-refractivity contribution in [3.63, 3.8) is 0 Å². The highest BCUT2D eigenvalue weighted by Crippen LogP contribution is 2.46. The van der Waals surface area contributed by atoms with E-state index < -0.39 is 0 Å². The van der Waals surface area contributed by atoms with Gasteiger partial charge in [0, 0.05) is 5.75 Å². The molecule has 0 saturated heterocycles. The number of fused-ring (bicyclic) bond motifs is 3. The number of aromatic amines is 1. The molecule has 0 aliphatic carbocycles. The summed E-state index contributed by atoms with van der Waals surface area (Å²) in [6.07, 6.45) is 2.07. The van der Waals surface area contributed by atoms with E-state index in [9.17, 15) is 0 Å². The molecule has 0 spiro atoms. The molecule has 3 heterocycles. The Hall–Kier alpha value is -0.390. The van der Waals surface area contributed by atoms with E-state index in [0.717, 1.165) is 10.8 Å². The third-order valence-electron chi connectivity index (χ3n) is 2.23. The topological polar surface area (TPSA) is 28.7 Å². The summed E-state index contributed by atoms with van der Waals surface area (Å²) in [5.41, 5.74) is 2.65. The second-order valence-electron chi connectivity index (χ2n) is 3.00. The van der Waals surface area contributed by atoms with Gasteiger partial charge in [-0.15, -0.1) is 34.9 Å². The Morgan fingerprint density at radius 3 is 3.36 bits per heavy atom. The van der Waals surface area contributed by atoms with E-state index in [2.05, 4.69) is 27.9 Å². The lowest BCUT2D eigenvalue weighted by Gasteiger charge is -2.10. The summed E-state index contributed by atoms with van der Waals surface area (Å²) in [4.78, 5) is 2.69. The van der Waals surface area contributed by atoms with Crippen LogP contribution in [0.4, 0.5) is 0 Å². The Morgan fingerprint density at radius 2 is 2.50 bits per heavy atom. The Balaban J connectivity index is 2.22. The number of hydrogen-bond donors (Lipinski definition) is 1. The average Bonchev–Trinajstić information content (AvgIpc) is 2.82. The highest BCUT2D eigenvalue weighted by Gasteiger charge is 2.22. The standard InChI is InChI=1S/C9H8N2S3/c1-12-9-8-6(10-11-9)7-5(4-14-8)2-3-13-7/h2-3H,4H2,1H3,(H,10,11). The Kier molecular flexibility index (Phi) is 2.11. The first kappa shape index (κ1) is 8.88. The van der Waals surface area contributed by atoms with Gasteiger partial charge in [-0.1, -0.05) is 0 Å². The summed E-state index contributed by atoms with van der Waals surface area (Å²) in [7, 11) is 0. The van der Waals surface area contributed by atoms with Crippen molar-refractivity contribution in [2.24, 2.45) is 0 Å². The number of rotatable bonds is 1. The largest absolute Gasteiger partial charge is 0.275 e. The summed E-state index contributed by atoms with van der Waals surface area (Å²) in [5, 5.41) is 10.7. The van der Waals surface area contributed by atoms with E-state index in [1.807, 2.05) is 11.8 Å². The van der Waals surface area contributed by atoms with E-state index in [-0.39, 0.29) is 0 Å². The highest BCUT2D eigenvalue weighted by atomic mass is 32.2. The predicted octanol–water partition coefficient (Wildman–Crippen LogP) is 3.47.